The van der Waals surface area contributed by atoms with Crippen molar-refractivity contribution in [2.75, 3.05) is 25.0 Å². The van der Waals surface area contributed by atoms with E-state index in [0.717, 1.165) is 6.42 Å². The van der Waals surface area contributed by atoms with Gasteiger partial charge in [-0.25, -0.2) is 0 Å². The number of nitrogens with zero attached hydrogens (tertiary/aromatic N) is 4. The van der Waals surface area contributed by atoms with Crippen LogP contribution in [0.5, 0.6) is 0 Å². The van der Waals surface area contributed by atoms with Crippen LogP contribution in [0.15, 0.2) is 0 Å². The summed E-state index contributed by atoms with van der Waals surface area (Å²) in [6.45, 7) is 35.3. The number of piperidine rings is 3. The number of hydrogen-bond acceptors (Lipinski definition) is 14. The third-order valence-electron chi connectivity index (χ3n) is 10.4. The van der Waals surface area contributed by atoms with Gasteiger partial charge in [0.1, 0.15) is 18.3 Å². The fraction of sp³-hybridized carbons (Fsp3) is 0.864. The lowest BCUT2D eigenvalue weighted by Gasteiger charge is -2.46. The number of halogens is 2. The molecule has 4 rings (SSSR count). The summed E-state index contributed by atoms with van der Waals surface area (Å²) in [5.41, 5.74) is -1.07. The average molecular weight is 886 g/mol. The van der Waals surface area contributed by atoms with Gasteiger partial charge in [0.25, 0.3) is 0 Å². The summed E-state index contributed by atoms with van der Waals surface area (Å²) in [7, 11) is 0. The van der Waals surface area contributed by atoms with Gasteiger partial charge in [0.15, 0.2) is 0 Å². The number of rotatable bonds is 12. The van der Waals surface area contributed by atoms with E-state index in [1.165, 1.54) is 4.90 Å². The number of carbonyl (C=O) groups excluding carboxylic acids is 3. The molecule has 0 aromatic carbocycles. The average Bonchev–Trinajstić information content (AvgIpc) is 2.89. The standard InChI is InChI=1S/C33H60N4O6.C11H18Cl2N4/c1-28(2)13-22(14-29(3,4)34-28)41-25(38)19-37(20-26(39)42-23-15-30(5,6)35-31(7,8)16-23)21-27(40)43-24-17-32(9,10)36-33(11,12)18-24;1-10(2,3)6-11(4,5)17-9-15-7(12)14-8(13)16-9/h22-24,34-36H,13-21H2,1-12H3;6H2,1-5H3,(H,14,15,16,17). The van der Waals surface area contributed by atoms with Gasteiger partial charge in [-0.1, -0.05) is 20.8 Å². The Kier molecular flexibility index (Phi) is 16.6. The van der Waals surface area contributed by atoms with Crippen LogP contribution in [0.4, 0.5) is 5.95 Å². The molecule has 0 aliphatic carbocycles. The molecule has 3 fully saturated rings. The monoisotopic (exact) mass is 885 g/mol. The van der Waals surface area contributed by atoms with Gasteiger partial charge in [0, 0.05) is 77.3 Å². The van der Waals surface area contributed by atoms with Gasteiger partial charge >= 0.3 is 17.9 Å². The van der Waals surface area contributed by atoms with Crippen LogP contribution >= 0.6 is 23.2 Å². The van der Waals surface area contributed by atoms with E-state index in [1.54, 1.807) is 0 Å². The van der Waals surface area contributed by atoms with Gasteiger partial charge in [-0.3, -0.25) is 19.3 Å². The summed E-state index contributed by atoms with van der Waals surface area (Å²) in [5.74, 6) is -0.989. The second kappa shape index (κ2) is 19.2. The van der Waals surface area contributed by atoms with Crippen LogP contribution in [0, 0.1) is 5.41 Å². The topological polar surface area (TPSA) is 169 Å². The molecule has 3 saturated heterocycles. The van der Waals surface area contributed by atoms with Crippen molar-refractivity contribution < 1.29 is 28.6 Å². The Morgan fingerprint density at radius 1 is 0.567 bits per heavy atom. The van der Waals surface area contributed by atoms with Crippen LogP contribution in [0.2, 0.25) is 10.6 Å². The van der Waals surface area contributed by atoms with Crippen LogP contribution < -0.4 is 21.3 Å². The van der Waals surface area contributed by atoms with Crippen molar-refractivity contribution in [3.8, 4) is 0 Å². The first kappa shape index (κ1) is 52.0. The Labute approximate surface area is 370 Å². The molecule has 0 bridgehead atoms. The van der Waals surface area contributed by atoms with E-state index in [9.17, 15) is 14.4 Å². The zero-order valence-corrected chi connectivity index (χ0v) is 41.3. The highest BCUT2D eigenvalue weighted by molar-refractivity contribution is 6.31. The van der Waals surface area contributed by atoms with E-state index in [0.29, 0.717) is 44.5 Å². The number of hydrogen-bond donors (Lipinski definition) is 4. The Morgan fingerprint density at radius 3 is 1.08 bits per heavy atom. The van der Waals surface area contributed by atoms with Crippen molar-refractivity contribution in [2.24, 2.45) is 5.41 Å². The van der Waals surface area contributed by atoms with Gasteiger partial charge in [0.05, 0.1) is 19.6 Å². The Bertz CT molecular complexity index is 1460. The van der Waals surface area contributed by atoms with Crippen LogP contribution in [-0.4, -0.2) is 114 Å². The first-order valence-electron chi connectivity index (χ1n) is 21.4. The lowest BCUT2D eigenvalue weighted by Crippen LogP contribution is -2.60. The quantitative estimate of drug-likeness (QED) is 0.119. The molecule has 0 atom stereocenters. The van der Waals surface area contributed by atoms with Crippen LogP contribution in [0.25, 0.3) is 0 Å². The molecule has 344 valence electrons. The van der Waals surface area contributed by atoms with Crippen LogP contribution in [0.3, 0.4) is 0 Å². The van der Waals surface area contributed by atoms with Crippen molar-refractivity contribution in [3.05, 3.63) is 10.6 Å². The predicted molar refractivity (Wildman–Crippen MR) is 239 cm³/mol. The van der Waals surface area contributed by atoms with Gasteiger partial charge in [-0.15, -0.1) is 0 Å². The largest absolute Gasteiger partial charge is 0.461 e. The number of anilines is 1. The van der Waals surface area contributed by atoms with Crippen LogP contribution in [-0.2, 0) is 28.6 Å². The molecule has 14 nitrogen and oxygen atoms in total. The molecule has 0 spiro atoms. The molecule has 0 amide bonds. The SMILES string of the molecule is CC(C)(C)CC(C)(C)Nc1nc(Cl)nc(Cl)n1.CC1(C)CC(OC(=O)CN(CC(=O)OC2CC(C)(C)NC(C)(C)C2)CC(=O)OC2CC(C)(C)NC(C)(C)C2)CC(C)(C)N1. The molecule has 3 aliphatic heterocycles. The molecular formula is C44H78Cl2N8O6. The first-order chi connectivity index (χ1) is 26.9. The molecule has 0 radical (unpaired) electrons. The van der Waals surface area contributed by atoms with E-state index >= 15 is 0 Å². The minimum atomic E-state index is -0.465. The molecule has 4 heterocycles. The van der Waals surface area contributed by atoms with E-state index < -0.39 is 17.9 Å². The Hall–Kier alpha value is -2.36. The van der Waals surface area contributed by atoms with E-state index in [2.05, 4.69) is 154 Å². The summed E-state index contributed by atoms with van der Waals surface area (Å²) in [6, 6.07) is 0. The molecule has 60 heavy (non-hydrogen) atoms. The molecule has 4 N–H and O–H groups in total. The number of esters is 3. The lowest BCUT2D eigenvalue weighted by molar-refractivity contribution is -0.161. The van der Waals surface area contributed by atoms with Crippen LogP contribution in [0.1, 0.15) is 163 Å². The molecule has 3 aliphatic rings. The van der Waals surface area contributed by atoms with Crippen molar-refractivity contribution in [1.82, 2.24) is 35.8 Å². The van der Waals surface area contributed by atoms with E-state index in [-0.39, 0.29) is 92.7 Å². The molecule has 1 aromatic heterocycles. The van der Waals surface area contributed by atoms with E-state index in [1.807, 2.05) is 0 Å². The van der Waals surface area contributed by atoms with Crippen molar-refractivity contribution in [3.63, 3.8) is 0 Å². The fourth-order valence-electron chi connectivity index (χ4n) is 10.4. The van der Waals surface area contributed by atoms with Gasteiger partial charge in [-0.05, 0) is 132 Å². The maximum absolute atomic E-state index is 13.2. The number of ether oxygens (including phenoxy) is 3. The van der Waals surface area contributed by atoms with Gasteiger partial charge in [0.2, 0.25) is 16.5 Å². The number of carbonyl (C=O) groups is 3. The third kappa shape index (κ3) is 19.4. The maximum Gasteiger partial charge on any atom is 0.320 e. The van der Waals surface area contributed by atoms with Crippen molar-refractivity contribution in [2.45, 2.75) is 220 Å². The summed E-state index contributed by atoms with van der Waals surface area (Å²) >= 11 is 11.5. The molecule has 16 heteroatoms. The van der Waals surface area contributed by atoms with Crippen molar-refractivity contribution >= 4 is 47.1 Å². The highest BCUT2D eigenvalue weighted by Gasteiger charge is 2.42. The smallest absolute Gasteiger partial charge is 0.320 e. The zero-order chi connectivity index (χ0) is 45.9. The first-order valence-corrected chi connectivity index (χ1v) is 22.2. The number of nitrogens with one attached hydrogen (secondary N) is 4. The highest BCUT2D eigenvalue weighted by atomic mass is 35.5. The predicted octanol–water partition coefficient (Wildman–Crippen LogP) is 7.65. The Morgan fingerprint density at radius 2 is 0.833 bits per heavy atom. The molecule has 0 saturated carbocycles. The second-order valence-electron chi connectivity index (χ2n) is 23.3. The highest BCUT2D eigenvalue weighted by Crippen LogP contribution is 2.33. The van der Waals surface area contributed by atoms with Gasteiger partial charge < -0.3 is 35.5 Å². The minimum Gasteiger partial charge on any atom is -0.461 e. The third-order valence-corrected chi connectivity index (χ3v) is 10.8. The zero-order valence-electron chi connectivity index (χ0n) is 39.8. The van der Waals surface area contributed by atoms with Gasteiger partial charge in [-0.2, -0.15) is 15.0 Å². The fourth-order valence-corrected chi connectivity index (χ4v) is 10.7. The summed E-state index contributed by atoms with van der Waals surface area (Å²) in [6.07, 6.45) is 4.21. The summed E-state index contributed by atoms with van der Waals surface area (Å²) in [5, 5.41) is 14.2. The normalized spacial score (nSPS) is 22.5. The lowest BCUT2D eigenvalue weighted by atomic mass is 9.81. The van der Waals surface area contributed by atoms with Crippen molar-refractivity contribution in [1.29, 1.82) is 0 Å². The number of aromatic nitrogens is 3. The molecule has 0 unspecified atom stereocenters. The Balaban J connectivity index is 0.000000472. The maximum atomic E-state index is 13.2. The van der Waals surface area contributed by atoms with E-state index in [4.69, 9.17) is 37.4 Å². The molecular weight excluding hydrogens is 807 g/mol. The second-order valence-corrected chi connectivity index (χ2v) is 24.0. The summed E-state index contributed by atoms with van der Waals surface area (Å²) < 4.78 is 17.8. The minimum absolute atomic E-state index is 0.0964. The molecule has 1 aromatic rings. The summed E-state index contributed by atoms with van der Waals surface area (Å²) in [4.78, 5) is 52.9.